The number of carbonyl (C=O) groups is 3. The minimum absolute atomic E-state index is 0.0171. The second-order valence-corrected chi connectivity index (χ2v) is 8.44. The van der Waals surface area contributed by atoms with Gasteiger partial charge in [0.25, 0.3) is 11.8 Å². The number of carbonyl (C=O) groups excluding carboxylic acids is 3. The maximum atomic E-state index is 13.3. The van der Waals surface area contributed by atoms with Crippen molar-refractivity contribution < 1.29 is 14.4 Å². The van der Waals surface area contributed by atoms with E-state index in [1.54, 1.807) is 4.90 Å². The van der Waals surface area contributed by atoms with Gasteiger partial charge in [0.2, 0.25) is 0 Å². The molecule has 1 spiro atoms. The molecule has 0 bridgehead atoms. The van der Waals surface area contributed by atoms with Gasteiger partial charge in [-0.15, -0.1) is 0 Å². The molecule has 7 heteroatoms. The van der Waals surface area contributed by atoms with Gasteiger partial charge in [-0.2, -0.15) is 0 Å². The standard InChI is InChI=1S/C22H30N4O3/c1-2-12-24-13-6-9-18(16-24)26-20(28)22(23-21(26)29)10-14-25(15-11-22)19(27)17-7-4-3-5-8-17/h3-5,7-8,18H,2,6,9-16H2,1H3,(H,23,29). The van der Waals surface area contributed by atoms with Crippen molar-refractivity contribution in [3.05, 3.63) is 35.9 Å². The van der Waals surface area contributed by atoms with E-state index >= 15 is 0 Å². The number of urea groups is 1. The lowest BCUT2D eigenvalue weighted by molar-refractivity contribution is -0.135. The minimum atomic E-state index is -0.850. The number of amides is 4. The van der Waals surface area contributed by atoms with Gasteiger partial charge in [-0.05, 0) is 57.3 Å². The minimum Gasteiger partial charge on any atom is -0.338 e. The quantitative estimate of drug-likeness (QED) is 0.789. The van der Waals surface area contributed by atoms with Crippen LogP contribution in [0.4, 0.5) is 4.79 Å². The van der Waals surface area contributed by atoms with Crippen molar-refractivity contribution in [2.24, 2.45) is 0 Å². The van der Waals surface area contributed by atoms with Gasteiger partial charge in [0.1, 0.15) is 5.54 Å². The van der Waals surface area contributed by atoms with Crippen LogP contribution in [-0.4, -0.2) is 76.8 Å². The van der Waals surface area contributed by atoms with E-state index in [1.807, 2.05) is 30.3 Å². The summed E-state index contributed by atoms with van der Waals surface area (Å²) in [7, 11) is 0. The monoisotopic (exact) mass is 398 g/mol. The van der Waals surface area contributed by atoms with E-state index in [4.69, 9.17) is 0 Å². The summed E-state index contributed by atoms with van der Waals surface area (Å²) in [4.78, 5) is 44.4. The molecule has 0 saturated carbocycles. The molecule has 3 heterocycles. The van der Waals surface area contributed by atoms with E-state index in [0.717, 1.165) is 38.9 Å². The summed E-state index contributed by atoms with van der Waals surface area (Å²) in [5.74, 6) is -0.116. The molecule has 156 valence electrons. The zero-order valence-corrected chi connectivity index (χ0v) is 17.1. The molecule has 29 heavy (non-hydrogen) atoms. The second-order valence-electron chi connectivity index (χ2n) is 8.44. The van der Waals surface area contributed by atoms with Gasteiger partial charge in [-0.25, -0.2) is 4.79 Å². The third kappa shape index (κ3) is 3.75. The third-order valence-electron chi connectivity index (χ3n) is 6.50. The summed E-state index contributed by atoms with van der Waals surface area (Å²) in [5.41, 5.74) is -0.192. The van der Waals surface area contributed by atoms with Crippen molar-refractivity contribution >= 4 is 17.8 Å². The fraction of sp³-hybridized carbons (Fsp3) is 0.591. The van der Waals surface area contributed by atoms with Crippen molar-refractivity contribution in [3.8, 4) is 0 Å². The Bertz CT molecular complexity index is 772. The van der Waals surface area contributed by atoms with Crippen LogP contribution in [0.1, 0.15) is 49.4 Å². The number of hydrogen-bond donors (Lipinski definition) is 1. The normalized spacial score (nSPS) is 24.8. The summed E-state index contributed by atoms with van der Waals surface area (Å²) in [6.45, 7) is 5.90. The highest BCUT2D eigenvalue weighted by molar-refractivity contribution is 6.07. The lowest BCUT2D eigenvalue weighted by atomic mass is 9.86. The summed E-state index contributed by atoms with van der Waals surface area (Å²) < 4.78 is 0. The molecule has 3 aliphatic rings. The van der Waals surface area contributed by atoms with Gasteiger partial charge in [-0.3, -0.25) is 14.5 Å². The average molecular weight is 399 g/mol. The topological polar surface area (TPSA) is 73.0 Å². The highest BCUT2D eigenvalue weighted by Crippen LogP contribution is 2.32. The Hall–Kier alpha value is -2.41. The maximum Gasteiger partial charge on any atom is 0.325 e. The van der Waals surface area contributed by atoms with E-state index < -0.39 is 5.54 Å². The van der Waals surface area contributed by atoms with Crippen molar-refractivity contribution in [2.75, 3.05) is 32.7 Å². The highest BCUT2D eigenvalue weighted by atomic mass is 16.2. The molecule has 1 unspecified atom stereocenters. The fourth-order valence-electron chi connectivity index (χ4n) is 4.93. The van der Waals surface area contributed by atoms with Gasteiger partial charge in [0.05, 0.1) is 6.04 Å². The van der Waals surface area contributed by atoms with Crippen LogP contribution in [0.15, 0.2) is 30.3 Å². The van der Waals surface area contributed by atoms with Crippen molar-refractivity contribution in [2.45, 2.75) is 50.6 Å². The highest BCUT2D eigenvalue weighted by Gasteiger charge is 2.54. The number of hydrogen-bond acceptors (Lipinski definition) is 4. The molecule has 1 atom stereocenters. The van der Waals surface area contributed by atoms with Crippen LogP contribution in [-0.2, 0) is 4.79 Å². The predicted molar refractivity (Wildman–Crippen MR) is 109 cm³/mol. The van der Waals surface area contributed by atoms with Crippen LogP contribution in [0.5, 0.6) is 0 Å². The molecule has 0 radical (unpaired) electrons. The van der Waals surface area contributed by atoms with Crippen molar-refractivity contribution in [3.63, 3.8) is 0 Å². The predicted octanol–water partition coefficient (Wildman–Crippen LogP) is 2.09. The summed E-state index contributed by atoms with van der Waals surface area (Å²) >= 11 is 0. The molecule has 1 aromatic rings. The molecular formula is C22H30N4O3. The molecule has 1 aromatic carbocycles. The zero-order valence-electron chi connectivity index (χ0n) is 17.1. The van der Waals surface area contributed by atoms with E-state index in [2.05, 4.69) is 17.1 Å². The molecule has 7 nitrogen and oxygen atoms in total. The molecule has 3 aliphatic heterocycles. The van der Waals surface area contributed by atoms with Crippen molar-refractivity contribution in [1.82, 2.24) is 20.0 Å². The SMILES string of the molecule is CCCN1CCCC(N2C(=O)NC3(CCN(C(=O)c4ccccc4)CC3)C2=O)C1. The number of likely N-dealkylation sites (tertiary alicyclic amines) is 2. The van der Waals surface area contributed by atoms with Crippen LogP contribution in [0, 0.1) is 0 Å². The van der Waals surface area contributed by atoms with Crippen LogP contribution in [0.25, 0.3) is 0 Å². The van der Waals surface area contributed by atoms with Gasteiger partial charge in [0.15, 0.2) is 0 Å². The lowest BCUT2D eigenvalue weighted by Gasteiger charge is -2.39. The number of imide groups is 1. The lowest BCUT2D eigenvalue weighted by Crippen LogP contribution is -2.57. The first-order chi connectivity index (χ1) is 14.0. The summed E-state index contributed by atoms with van der Waals surface area (Å²) in [6.07, 6.45) is 3.89. The molecular weight excluding hydrogens is 368 g/mol. The molecule has 3 saturated heterocycles. The average Bonchev–Trinajstić information content (AvgIpc) is 2.98. The Morgan fingerprint density at radius 3 is 2.55 bits per heavy atom. The van der Waals surface area contributed by atoms with Crippen LogP contribution in [0.3, 0.4) is 0 Å². The number of rotatable bonds is 4. The Kier molecular flexibility index (Phi) is 5.58. The maximum absolute atomic E-state index is 13.3. The molecule has 4 amide bonds. The Balaban J connectivity index is 1.42. The van der Waals surface area contributed by atoms with Crippen LogP contribution < -0.4 is 5.32 Å². The first-order valence-electron chi connectivity index (χ1n) is 10.8. The van der Waals surface area contributed by atoms with Gasteiger partial charge < -0.3 is 15.1 Å². The first-order valence-corrected chi connectivity index (χ1v) is 10.8. The van der Waals surface area contributed by atoms with E-state index in [0.29, 0.717) is 31.5 Å². The molecule has 1 N–H and O–H groups in total. The van der Waals surface area contributed by atoms with E-state index in [-0.39, 0.29) is 23.9 Å². The number of nitrogens with one attached hydrogen (secondary N) is 1. The Labute approximate surface area is 172 Å². The smallest absolute Gasteiger partial charge is 0.325 e. The Morgan fingerprint density at radius 1 is 1.14 bits per heavy atom. The van der Waals surface area contributed by atoms with E-state index in [9.17, 15) is 14.4 Å². The van der Waals surface area contributed by atoms with Gasteiger partial charge in [-0.1, -0.05) is 25.1 Å². The van der Waals surface area contributed by atoms with Crippen LogP contribution in [0.2, 0.25) is 0 Å². The molecule has 0 aliphatic carbocycles. The van der Waals surface area contributed by atoms with Crippen molar-refractivity contribution in [1.29, 1.82) is 0 Å². The second kappa shape index (κ2) is 8.14. The first kappa shape index (κ1) is 19.9. The number of nitrogens with zero attached hydrogens (tertiary/aromatic N) is 3. The van der Waals surface area contributed by atoms with E-state index in [1.165, 1.54) is 4.90 Å². The fourth-order valence-corrected chi connectivity index (χ4v) is 4.93. The van der Waals surface area contributed by atoms with Gasteiger partial charge in [0, 0.05) is 25.2 Å². The summed E-state index contributed by atoms with van der Waals surface area (Å²) in [5, 5.41) is 2.99. The summed E-state index contributed by atoms with van der Waals surface area (Å²) in [6, 6.07) is 8.89. The largest absolute Gasteiger partial charge is 0.338 e. The number of piperidine rings is 2. The zero-order chi connectivity index (χ0) is 20.4. The molecule has 0 aromatic heterocycles. The number of benzene rings is 1. The third-order valence-corrected chi connectivity index (χ3v) is 6.50. The van der Waals surface area contributed by atoms with Gasteiger partial charge >= 0.3 is 6.03 Å². The molecule has 3 fully saturated rings. The molecule has 4 rings (SSSR count). The van der Waals surface area contributed by atoms with Crippen LogP contribution >= 0.6 is 0 Å². The Morgan fingerprint density at radius 2 is 1.86 bits per heavy atom.